The van der Waals surface area contributed by atoms with Crippen molar-refractivity contribution in [2.24, 2.45) is 11.8 Å². The molecule has 8 nitrogen and oxygen atoms in total. The number of hydrogen-bond acceptors (Lipinski definition) is 6. The Morgan fingerprint density at radius 1 is 1.12 bits per heavy atom. The van der Waals surface area contributed by atoms with E-state index in [9.17, 15) is 14.7 Å². The number of benzene rings is 1. The van der Waals surface area contributed by atoms with E-state index in [4.69, 9.17) is 18.9 Å². The van der Waals surface area contributed by atoms with Crippen LogP contribution < -0.4 is 19.5 Å². The molecule has 1 fully saturated rings. The Morgan fingerprint density at radius 3 is 2.23 bits per heavy atom. The Morgan fingerprint density at radius 2 is 1.69 bits per heavy atom. The SMILES string of the molecule is COc1cc(OC)c(C(=O)NCC(C(=O)O)C2CCOCC2)cc1OC. The summed E-state index contributed by atoms with van der Waals surface area (Å²) in [6.45, 7) is 1.13. The highest BCUT2D eigenvalue weighted by molar-refractivity contribution is 5.98. The third kappa shape index (κ3) is 4.57. The van der Waals surface area contributed by atoms with E-state index < -0.39 is 17.8 Å². The van der Waals surface area contributed by atoms with Crippen LogP contribution in [0.3, 0.4) is 0 Å². The first-order chi connectivity index (χ1) is 12.5. The van der Waals surface area contributed by atoms with Crippen LogP contribution in [-0.4, -0.2) is 58.1 Å². The molecule has 1 saturated heterocycles. The second-order valence-corrected chi connectivity index (χ2v) is 6.01. The molecule has 144 valence electrons. The lowest BCUT2D eigenvalue weighted by Gasteiger charge is -2.27. The number of aliphatic carboxylic acids is 1. The average Bonchev–Trinajstić information content (AvgIpc) is 2.67. The molecule has 0 radical (unpaired) electrons. The Labute approximate surface area is 152 Å². The monoisotopic (exact) mass is 367 g/mol. The van der Waals surface area contributed by atoms with Gasteiger partial charge in [-0.3, -0.25) is 9.59 Å². The molecule has 1 atom stereocenters. The Balaban J connectivity index is 2.13. The maximum Gasteiger partial charge on any atom is 0.308 e. The second kappa shape index (κ2) is 9.28. The van der Waals surface area contributed by atoms with Crippen molar-refractivity contribution in [3.63, 3.8) is 0 Å². The molecule has 0 spiro atoms. The van der Waals surface area contributed by atoms with Crippen molar-refractivity contribution in [2.75, 3.05) is 41.1 Å². The quantitative estimate of drug-likeness (QED) is 0.719. The van der Waals surface area contributed by atoms with Crippen molar-refractivity contribution in [1.29, 1.82) is 0 Å². The predicted octanol–water partition coefficient (Wildman–Crippen LogP) is 1.57. The van der Waals surface area contributed by atoms with Gasteiger partial charge < -0.3 is 29.4 Å². The van der Waals surface area contributed by atoms with E-state index >= 15 is 0 Å². The highest BCUT2D eigenvalue weighted by atomic mass is 16.5. The molecule has 26 heavy (non-hydrogen) atoms. The van der Waals surface area contributed by atoms with E-state index in [0.29, 0.717) is 43.3 Å². The number of rotatable bonds is 8. The van der Waals surface area contributed by atoms with Crippen molar-refractivity contribution in [3.8, 4) is 17.2 Å². The van der Waals surface area contributed by atoms with E-state index in [1.54, 1.807) is 6.07 Å². The summed E-state index contributed by atoms with van der Waals surface area (Å²) in [4.78, 5) is 24.2. The topological polar surface area (TPSA) is 103 Å². The zero-order valence-electron chi connectivity index (χ0n) is 15.2. The first-order valence-electron chi connectivity index (χ1n) is 8.40. The molecule has 1 unspecified atom stereocenters. The Kier molecular flexibility index (Phi) is 7.08. The van der Waals surface area contributed by atoms with Gasteiger partial charge in [0.2, 0.25) is 0 Å². The standard InChI is InChI=1S/C18H25NO7/c1-23-14-9-16(25-3)15(24-2)8-12(14)17(20)19-10-13(18(21)22)11-4-6-26-7-5-11/h8-9,11,13H,4-7,10H2,1-3H3,(H,19,20)(H,21,22). The minimum Gasteiger partial charge on any atom is -0.496 e. The zero-order chi connectivity index (χ0) is 19.1. The molecular formula is C18H25NO7. The van der Waals surface area contributed by atoms with Crippen LogP contribution in [0.5, 0.6) is 17.2 Å². The number of ether oxygens (including phenoxy) is 4. The number of methoxy groups -OCH3 is 3. The molecule has 1 aromatic carbocycles. The van der Waals surface area contributed by atoms with Gasteiger partial charge >= 0.3 is 5.97 Å². The summed E-state index contributed by atoms with van der Waals surface area (Å²) in [7, 11) is 4.40. The number of amides is 1. The average molecular weight is 367 g/mol. The van der Waals surface area contributed by atoms with Gasteiger partial charge in [-0.1, -0.05) is 0 Å². The smallest absolute Gasteiger partial charge is 0.308 e. The van der Waals surface area contributed by atoms with Crippen molar-refractivity contribution in [2.45, 2.75) is 12.8 Å². The van der Waals surface area contributed by atoms with E-state index in [1.807, 2.05) is 0 Å². The lowest BCUT2D eigenvalue weighted by molar-refractivity contribution is -0.144. The molecule has 1 amide bonds. The van der Waals surface area contributed by atoms with Gasteiger partial charge in [-0.25, -0.2) is 0 Å². The number of carboxylic acid groups (broad SMARTS) is 1. The lowest BCUT2D eigenvalue weighted by Crippen LogP contribution is -2.39. The fraction of sp³-hybridized carbons (Fsp3) is 0.556. The van der Waals surface area contributed by atoms with Crippen LogP contribution in [0.15, 0.2) is 12.1 Å². The molecule has 0 saturated carbocycles. The summed E-state index contributed by atoms with van der Waals surface area (Å²) in [6, 6.07) is 3.07. The molecule has 0 bridgehead atoms. The van der Waals surface area contributed by atoms with Crippen LogP contribution >= 0.6 is 0 Å². The molecule has 1 aliphatic rings. The van der Waals surface area contributed by atoms with Crippen LogP contribution in [0, 0.1) is 11.8 Å². The number of carbonyl (C=O) groups excluding carboxylic acids is 1. The Hall–Kier alpha value is -2.48. The molecule has 1 aliphatic heterocycles. The summed E-state index contributed by atoms with van der Waals surface area (Å²) in [5.41, 5.74) is 0.251. The maximum absolute atomic E-state index is 12.6. The van der Waals surface area contributed by atoms with Gasteiger partial charge in [0.1, 0.15) is 5.75 Å². The third-order valence-corrected chi connectivity index (χ3v) is 4.59. The van der Waals surface area contributed by atoms with E-state index in [2.05, 4.69) is 5.32 Å². The maximum atomic E-state index is 12.6. The minimum atomic E-state index is -0.920. The molecule has 1 heterocycles. The summed E-state index contributed by atoms with van der Waals surface area (Å²) in [5.74, 6) is -0.886. The summed E-state index contributed by atoms with van der Waals surface area (Å²) in [5, 5.41) is 12.2. The van der Waals surface area contributed by atoms with Crippen molar-refractivity contribution < 1.29 is 33.6 Å². The van der Waals surface area contributed by atoms with Crippen LogP contribution in [-0.2, 0) is 9.53 Å². The van der Waals surface area contributed by atoms with Crippen molar-refractivity contribution in [1.82, 2.24) is 5.32 Å². The third-order valence-electron chi connectivity index (χ3n) is 4.59. The van der Waals surface area contributed by atoms with Gasteiger partial charge in [-0.05, 0) is 18.8 Å². The highest BCUT2D eigenvalue weighted by Crippen LogP contribution is 2.34. The summed E-state index contributed by atoms with van der Waals surface area (Å²) < 4.78 is 20.9. The van der Waals surface area contributed by atoms with E-state index in [1.165, 1.54) is 27.4 Å². The van der Waals surface area contributed by atoms with Crippen molar-refractivity contribution >= 4 is 11.9 Å². The number of carbonyl (C=O) groups is 2. The molecule has 2 N–H and O–H groups in total. The van der Waals surface area contributed by atoms with Crippen LogP contribution in [0.25, 0.3) is 0 Å². The summed E-state index contributed by atoms with van der Waals surface area (Å²) in [6.07, 6.45) is 1.35. The predicted molar refractivity (Wildman–Crippen MR) is 93.1 cm³/mol. The first kappa shape index (κ1) is 19.8. The molecular weight excluding hydrogens is 342 g/mol. The fourth-order valence-corrected chi connectivity index (χ4v) is 3.08. The van der Waals surface area contributed by atoms with Crippen molar-refractivity contribution in [3.05, 3.63) is 17.7 Å². The van der Waals surface area contributed by atoms with Crippen LogP contribution in [0.4, 0.5) is 0 Å². The highest BCUT2D eigenvalue weighted by Gasteiger charge is 2.30. The van der Waals surface area contributed by atoms with E-state index in [-0.39, 0.29) is 18.0 Å². The van der Waals surface area contributed by atoms with Gasteiger partial charge in [-0.15, -0.1) is 0 Å². The van der Waals surface area contributed by atoms with E-state index in [0.717, 1.165) is 0 Å². The van der Waals surface area contributed by atoms with Gasteiger partial charge in [0.25, 0.3) is 5.91 Å². The minimum absolute atomic E-state index is 0.0196. The fourth-order valence-electron chi connectivity index (χ4n) is 3.08. The molecule has 0 aromatic heterocycles. The van der Waals surface area contributed by atoms with Gasteiger partial charge in [0.05, 0.1) is 32.8 Å². The number of hydrogen-bond donors (Lipinski definition) is 2. The lowest BCUT2D eigenvalue weighted by atomic mass is 9.86. The largest absolute Gasteiger partial charge is 0.496 e. The van der Waals surface area contributed by atoms with Gasteiger partial charge in [-0.2, -0.15) is 0 Å². The first-order valence-corrected chi connectivity index (χ1v) is 8.40. The van der Waals surface area contributed by atoms with Gasteiger partial charge in [0.15, 0.2) is 11.5 Å². The zero-order valence-corrected chi connectivity index (χ0v) is 15.2. The molecule has 2 rings (SSSR count). The second-order valence-electron chi connectivity index (χ2n) is 6.01. The number of nitrogens with one attached hydrogen (secondary N) is 1. The number of carboxylic acids is 1. The Bertz CT molecular complexity index is 641. The normalized spacial score (nSPS) is 15.8. The van der Waals surface area contributed by atoms with Crippen LogP contribution in [0.1, 0.15) is 23.2 Å². The van der Waals surface area contributed by atoms with Gasteiger partial charge in [0, 0.05) is 31.9 Å². The molecule has 1 aromatic rings. The molecule has 0 aliphatic carbocycles. The molecule has 8 heteroatoms. The van der Waals surface area contributed by atoms with Crippen LogP contribution in [0.2, 0.25) is 0 Å². The summed E-state index contributed by atoms with van der Waals surface area (Å²) >= 11 is 0.